The fourth-order valence-electron chi connectivity index (χ4n) is 1.30. The maximum atomic E-state index is 13.5. The fourth-order valence-corrected chi connectivity index (χ4v) is 1.71. The summed E-state index contributed by atoms with van der Waals surface area (Å²) >= 11 is 10.6. The summed E-state index contributed by atoms with van der Waals surface area (Å²) in [4.78, 5) is 12.2. The van der Waals surface area contributed by atoms with Gasteiger partial charge in [-0.1, -0.05) is 30.7 Å². The summed E-state index contributed by atoms with van der Waals surface area (Å²) in [6, 6.07) is 3.92. The lowest BCUT2D eigenvalue weighted by molar-refractivity contribution is -0.121. The van der Waals surface area contributed by atoms with Crippen LogP contribution in [0.2, 0.25) is 5.02 Å². The van der Waals surface area contributed by atoms with Crippen molar-refractivity contribution >= 4 is 40.4 Å². The Hall–Kier alpha value is -1.20. The molecule has 1 aromatic carbocycles. The summed E-state index contributed by atoms with van der Waals surface area (Å²) in [5, 5.41) is 2.79. The normalized spacial score (nSPS) is 13.8. The van der Waals surface area contributed by atoms with Crippen LogP contribution in [0, 0.1) is 11.2 Å². The number of nitrogens with one attached hydrogen (secondary N) is 1. The van der Waals surface area contributed by atoms with Crippen LogP contribution in [0.5, 0.6) is 0 Å². The Kier molecular flexibility index (Phi) is 4.65. The smallest absolute Gasteiger partial charge is 0.237 e. The number of benzene rings is 1. The van der Waals surface area contributed by atoms with Gasteiger partial charge in [0, 0.05) is 5.02 Å². The van der Waals surface area contributed by atoms with Gasteiger partial charge < -0.3 is 11.1 Å². The SMILES string of the molecule is CCC(C)(C(=O)Nc1cc(Cl)ccc1F)C(N)=S. The van der Waals surface area contributed by atoms with Crippen molar-refractivity contribution in [3.05, 3.63) is 29.0 Å². The summed E-state index contributed by atoms with van der Waals surface area (Å²) in [5.41, 5.74) is 4.56. The van der Waals surface area contributed by atoms with E-state index in [1.807, 2.05) is 0 Å². The molecule has 3 N–H and O–H groups in total. The lowest BCUT2D eigenvalue weighted by atomic mass is 9.86. The molecule has 0 bridgehead atoms. The van der Waals surface area contributed by atoms with Crippen molar-refractivity contribution in [2.24, 2.45) is 11.1 Å². The van der Waals surface area contributed by atoms with Gasteiger partial charge in [-0.2, -0.15) is 0 Å². The van der Waals surface area contributed by atoms with E-state index < -0.39 is 17.1 Å². The molecule has 0 aromatic heterocycles. The number of halogens is 2. The largest absolute Gasteiger partial charge is 0.392 e. The molecule has 6 heteroatoms. The van der Waals surface area contributed by atoms with E-state index in [1.54, 1.807) is 13.8 Å². The van der Waals surface area contributed by atoms with Crippen molar-refractivity contribution in [3.63, 3.8) is 0 Å². The molecular weight excluding hydrogens is 275 g/mol. The van der Waals surface area contributed by atoms with Gasteiger partial charge in [-0.25, -0.2) is 4.39 Å². The van der Waals surface area contributed by atoms with Crippen LogP contribution in [0.25, 0.3) is 0 Å². The third-order valence-corrected chi connectivity index (χ3v) is 3.61. The van der Waals surface area contributed by atoms with Gasteiger partial charge in [0.25, 0.3) is 0 Å². The standard InChI is InChI=1S/C12H14ClFN2OS/c1-3-12(2,10(15)18)11(17)16-9-6-7(13)4-5-8(9)14/h4-6H,3H2,1-2H3,(H2,15,18)(H,16,17). The first-order chi connectivity index (χ1) is 8.31. The predicted octanol–water partition coefficient (Wildman–Crippen LogP) is 3.12. The molecule has 18 heavy (non-hydrogen) atoms. The molecule has 0 fully saturated rings. The van der Waals surface area contributed by atoms with E-state index in [-0.39, 0.29) is 10.7 Å². The number of rotatable bonds is 4. The molecule has 1 aromatic rings. The molecule has 1 unspecified atom stereocenters. The van der Waals surface area contributed by atoms with E-state index >= 15 is 0 Å². The second-order valence-corrected chi connectivity index (χ2v) is 5.00. The zero-order chi connectivity index (χ0) is 13.9. The van der Waals surface area contributed by atoms with Crippen molar-refractivity contribution in [2.75, 3.05) is 5.32 Å². The molecule has 1 atom stereocenters. The molecule has 98 valence electrons. The zero-order valence-electron chi connectivity index (χ0n) is 10.1. The Bertz CT molecular complexity index is 495. The van der Waals surface area contributed by atoms with E-state index in [0.717, 1.165) is 0 Å². The van der Waals surface area contributed by atoms with Crippen molar-refractivity contribution in [3.8, 4) is 0 Å². The van der Waals surface area contributed by atoms with E-state index in [9.17, 15) is 9.18 Å². The van der Waals surface area contributed by atoms with Crippen molar-refractivity contribution in [1.29, 1.82) is 0 Å². The Morgan fingerprint density at radius 2 is 2.22 bits per heavy atom. The van der Waals surface area contributed by atoms with Gasteiger partial charge in [-0.15, -0.1) is 0 Å². The number of amides is 1. The van der Waals surface area contributed by atoms with Crippen LogP contribution in [0.4, 0.5) is 10.1 Å². The van der Waals surface area contributed by atoms with Gasteiger partial charge in [-0.3, -0.25) is 4.79 Å². The highest BCUT2D eigenvalue weighted by atomic mass is 35.5. The lowest BCUT2D eigenvalue weighted by Crippen LogP contribution is -2.43. The molecule has 3 nitrogen and oxygen atoms in total. The summed E-state index contributed by atoms with van der Waals surface area (Å²) in [5.74, 6) is -1.01. The van der Waals surface area contributed by atoms with Crippen molar-refractivity contribution in [1.82, 2.24) is 0 Å². The first-order valence-electron chi connectivity index (χ1n) is 5.37. The van der Waals surface area contributed by atoms with Gasteiger partial charge in [0.05, 0.1) is 16.1 Å². The highest BCUT2D eigenvalue weighted by molar-refractivity contribution is 7.80. The van der Waals surface area contributed by atoms with E-state index in [2.05, 4.69) is 5.32 Å². The minimum Gasteiger partial charge on any atom is -0.392 e. The number of nitrogens with two attached hydrogens (primary N) is 1. The highest BCUT2D eigenvalue weighted by Gasteiger charge is 2.34. The second-order valence-electron chi connectivity index (χ2n) is 4.13. The Labute approximate surface area is 115 Å². The van der Waals surface area contributed by atoms with E-state index in [1.165, 1.54) is 18.2 Å². The molecule has 1 rings (SSSR count). The maximum Gasteiger partial charge on any atom is 0.237 e. The number of hydrogen-bond donors (Lipinski definition) is 2. The topological polar surface area (TPSA) is 55.1 Å². The molecular formula is C12H14ClFN2OS. The maximum absolute atomic E-state index is 13.5. The summed E-state index contributed by atoms with van der Waals surface area (Å²) in [6.45, 7) is 3.40. The minimum atomic E-state index is -1.01. The Balaban J connectivity index is 3.00. The van der Waals surface area contributed by atoms with Gasteiger partial charge in [0.1, 0.15) is 5.82 Å². The molecule has 0 aliphatic heterocycles. The van der Waals surface area contributed by atoms with Crippen LogP contribution in [0.1, 0.15) is 20.3 Å². The number of carbonyl (C=O) groups excluding carboxylic acids is 1. The van der Waals surface area contributed by atoms with Crippen LogP contribution < -0.4 is 11.1 Å². The monoisotopic (exact) mass is 288 g/mol. The van der Waals surface area contributed by atoms with Crippen LogP contribution >= 0.6 is 23.8 Å². The number of hydrogen-bond acceptors (Lipinski definition) is 2. The second kappa shape index (κ2) is 5.63. The summed E-state index contributed by atoms with van der Waals surface area (Å²) < 4.78 is 13.5. The molecule has 1 amide bonds. The average molecular weight is 289 g/mol. The zero-order valence-corrected chi connectivity index (χ0v) is 11.7. The summed E-state index contributed by atoms with van der Waals surface area (Å²) in [7, 11) is 0. The van der Waals surface area contributed by atoms with Crippen LogP contribution in [0.3, 0.4) is 0 Å². The molecule has 0 aliphatic carbocycles. The van der Waals surface area contributed by atoms with E-state index in [0.29, 0.717) is 11.4 Å². The molecule has 0 spiro atoms. The number of anilines is 1. The van der Waals surface area contributed by atoms with Crippen LogP contribution in [-0.4, -0.2) is 10.9 Å². The lowest BCUT2D eigenvalue weighted by Gasteiger charge is -2.25. The Morgan fingerprint density at radius 3 is 2.72 bits per heavy atom. The van der Waals surface area contributed by atoms with Crippen molar-refractivity contribution < 1.29 is 9.18 Å². The molecule has 0 saturated carbocycles. The Morgan fingerprint density at radius 1 is 1.61 bits per heavy atom. The minimum absolute atomic E-state index is 0.0171. The first kappa shape index (κ1) is 14.9. The van der Waals surface area contributed by atoms with Gasteiger partial charge in [0.2, 0.25) is 5.91 Å². The number of thiocarbonyl (C=S) groups is 1. The van der Waals surface area contributed by atoms with Gasteiger partial charge in [0.15, 0.2) is 0 Å². The first-order valence-corrected chi connectivity index (χ1v) is 6.16. The fraction of sp³-hybridized carbons (Fsp3) is 0.333. The highest BCUT2D eigenvalue weighted by Crippen LogP contribution is 2.26. The predicted molar refractivity (Wildman–Crippen MR) is 75.2 cm³/mol. The molecule has 0 radical (unpaired) electrons. The third kappa shape index (κ3) is 2.97. The molecule has 0 aliphatic rings. The summed E-state index contributed by atoms with van der Waals surface area (Å²) in [6.07, 6.45) is 0.427. The van der Waals surface area contributed by atoms with Crippen molar-refractivity contribution in [2.45, 2.75) is 20.3 Å². The third-order valence-electron chi connectivity index (χ3n) is 2.93. The molecule has 0 heterocycles. The van der Waals surface area contributed by atoms with Gasteiger partial charge >= 0.3 is 0 Å². The van der Waals surface area contributed by atoms with E-state index in [4.69, 9.17) is 29.6 Å². The van der Waals surface area contributed by atoms with Crippen LogP contribution in [-0.2, 0) is 4.79 Å². The molecule has 0 saturated heterocycles. The number of carbonyl (C=O) groups is 1. The quantitative estimate of drug-likeness (QED) is 0.837. The average Bonchev–Trinajstić information content (AvgIpc) is 2.32. The van der Waals surface area contributed by atoms with Gasteiger partial charge in [-0.05, 0) is 31.5 Å². The van der Waals surface area contributed by atoms with Crippen LogP contribution in [0.15, 0.2) is 18.2 Å².